The molecule has 5 aromatic rings. The molecule has 36 heavy (non-hydrogen) atoms. The summed E-state index contributed by atoms with van der Waals surface area (Å²) in [5.74, 6) is -0.152. The number of pyridine rings is 1. The largest absolute Gasteiger partial charge is 0.396 e. The predicted molar refractivity (Wildman–Crippen MR) is 139 cm³/mol. The average Bonchev–Trinajstić information content (AvgIpc) is 3.40. The van der Waals surface area contributed by atoms with Gasteiger partial charge >= 0.3 is 0 Å². The molecule has 2 aromatic heterocycles. The molecule has 0 aliphatic rings. The molecule has 1 amide bonds. The van der Waals surface area contributed by atoms with Crippen LogP contribution in [0.15, 0.2) is 97.5 Å². The molecule has 0 spiro atoms. The van der Waals surface area contributed by atoms with Gasteiger partial charge in [-0.25, -0.2) is 4.68 Å². The van der Waals surface area contributed by atoms with E-state index in [2.05, 4.69) is 26.7 Å². The van der Waals surface area contributed by atoms with E-state index in [4.69, 9.17) is 0 Å². The van der Waals surface area contributed by atoms with E-state index >= 15 is 0 Å². The number of fused-ring (bicyclic) bond motifs is 1. The Bertz CT molecular complexity index is 1470. The molecule has 1 atom stereocenters. The van der Waals surface area contributed by atoms with Gasteiger partial charge < -0.3 is 10.4 Å². The third-order valence-corrected chi connectivity index (χ3v) is 6.23. The van der Waals surface area contributed by atoms with Crippen LogP contribution in [0.1, 0.15) is 40.4 Å². The maximum Gasteiger partial charge on any atom is 0.252 e. The minimum absolute atomic E-state index is 0.0819. The van der Waals surface area contributed by atoms with Crippen LogP contribution in [0.5, 0.6) is 0 Å². The Morgan fingerprint density at radius 3 is 2.67 bits per heavy atom. The summed E-state index contributed by atoms with van der Waals surface area (Å²) >= 11 is 0. The highest BCUT2D eigenvalue weighted by Gasteiger charge is 2.18. The SMILES string of the molecule is O=C(NC(CCCO)c1ccccc1)c1ccccc1Cn1cc(-c2ccc3cnccc3c2)nn1. The molecule has 0 saturated heterocycles. The summed E-state index contributed by atoms with van der Waals surface area (Å²) in [5.41, 5.74) is 4.20. The number of benzene rings is 3. The maximum absolute atomic E-state index is 13.3. The van der Waals surface area contributed by atoms with Gasteiger partial charge in [0.15, 0.2) is 0 Å². The molecule has 7 nitrogen and oxygen atoms in total. The van der Waals surface area contributed by atoms with Crippen LogP contribution in [0.25, 0.3) is 22.0 Å². The normalized spacial score (nSPS) is 11.9. The van der Waals surface area contributed by atoms with Crippen molar-refractivity contribution in [2.75, 3.05) is 6.61 Å². The number of aliphatic hydroxyl groups excluding tert-OH is 1. The van der Waals surface area contributed by atoms with Crippen LogP contribution < -0.4 is 5.32 Å². The molecule has 3 aromatic carbocycles. The quantitative estimate of drug-likeness (QED) is 0.319. The fourth-order valence-corrected chi connectivity index (χ4v) is 4.34. The Labute approximate surface area is 209 Å². The second kappa shape index (κ2) is 10.9. The molecule has 180 valence electrons. The molecule has 2 heterocycles. The first-order chi connectivity index (χ1) is 17.7. The zero-order chi connectivity index (χ0) is 24.7. The molecule has 0 fully saturated rings. The number of nitrogens with zero attached hydrogens (tertiary/aromatic N) is 4. The van der Waals surface area contributed by atoms with E-state index in [1.54, 1.807) is 10.9 Å². The van der Waals surface area contributed by atoms with Crippen molar-refractivity contribution >= 4 is 16.7 Å². The molecule has 0 radical (unpaired) electrons. The first kappa shape index (κ1) is 23.4. The van der Waals surface area contributed by atoms with Crippen molar-refractivity contribution < 1.29 is 9.90 Å². The fraction of sp³-hybridized carbons (Fsp3) is 0.172. The number of rotatable bonds is 9. The Balaban J connectivity index is 1.35. The number of hydrogen-bond donors (Lipinski definition) is 2. The maximum atomic E-state index is 13.3. The standard InChI is InChI=1S/C29H27N5O2/c35-16-6-11-27(21-7-2-1-3-8-21)31-29(36)26-10-5-4-9-25(26)19-34-20-28(32-33-34)23-12-13-24-18-30-15-14-22(24)17-23/h1-5,7-10,12-15,17-18,20,27,35H,6,11,16,19H2,(H,31,36). The van der Waals surface area contributed by atoms with Crippen LogP contribution >= 0.6 is 0 Å². The number of hydrogen-bond acceptors (Lipinski definition) is 5. The lowest BCUT2D eigenvalue weighted by Gasteiger charge is -2.20. The van der Waals surface area contributed by atoms with Crippen LogP contribution in [0.3, 0.4) is 0 Å². The number of aliphatic hydroxyl groups is 1. The van der Waals surface area contributed by atoms with Crippen molar-refractivity contribution in [1.29, 1.82) is 0 Å². The third kappa shape index (κ3) is 5.31. The van der Waals surface area contributed by atoms with Gasteiger partial charge in [-0.2, -0.15) is 0 Å². The monoisotopic (exact) mass is 477 g/mol. The van der Waals surface area contributed by atoms with E-state index in [9.17, 15) is 9.90 Å². The van der Waals surface area contributed by atoms with Crippen LogP contribution in [0.2, 0.25) is 0 Å². The fourth-order valence-electron chi connectivity index (χ4n) is 4.34. The van der Waals surface area contributed by atoms with Crippen molar-refractivity contribution in [2.24, 2.45) is 0 Å². The highest BCUT2D eigenvalue weighted by Crippen LogP contribution is 2.23. The first-order valence-corrected chi connectivity index (χ1v) is 12.0. The van der Waals surface area contributed by atoms with E-state index in [0.29, 0.717) is 24.9 Å². The molecule has 0 saturated carbocycles. The van der Waals surface area contributed by atoms with Crippen molar-refractivity contribution in [3.63, 3.8) is 0 Å². The Hall–Kier alpha value is -4.36. The zero-order valence-corrected chi connectivity index (χ0v) is 19.8. The minimum Gasteiger partial charge on any atom is -0.396 e. The zero-order valence-electron chi connectivity index (χ0n) is 19.8. The van der Waals surface area contributed by atoms with Gasteiger partial charge in [0.2, 0.25) is 0 Å². The predicted octanol–water partition coefficient (Wildman–Crippen LogP) is 4.79. The minimum atomic E-state index is -0.181. The van der Waals surface area contributed by atoms with Crippen molar-refractivity contribution in [1.82, 2.24) is 25.3 Å². The van der Waals surface area contributed by atoms with Crippen LogP contribution in [-0.4, -0.2) is 37.6 Å². The third-order valence-electron chi connectivity index (χ3n) is 6.23. The highest BCUT2D eigenvalue weighted by molar-refractivity contribution is 5.96. The van der Waals surface area contributed by atoms with Gasteiger partial charge in [-0.05, 0) is 47.6 Å². The van der Waals surface area contributed by atoms with Crippen molar-refractivity contribution in [3.05, 3.63) is 114 Å². The molecule has 0 aliphatic heterocycles. The molecule has 0 aliphatic carbocycles. The smallest absolute Gasteiger partial charge is 0.252 e. The Kier molecular flexibility index (Phi) is 7.10. The van der Waals surface area contributed by atoms with Gasteiger partial charge in [-0.1, -0.05) is 65.9 Å². The number of carbonyl (C=O) groups is 1. The second-order valence-corrected chi connectivity index (χ2v) is 8.70. The summed E-state index contributed by atoms with van der Waals surface area (Å²) in [4.78, 5) is 17.5. The van der Waals surface area contributed by atoms with E-state index in [1.807, 2.05) is 85.2 Å². The van der Waals surface area contributed by atoms with E-state index in [0.717, 1.165) is 33.2 Å². The molecule has 1 unspecified atom stereocenters. The van der Waals surface area contributed by atoms with E-state index in [-0.39, 0.29) is 18.6 Å². The van der Waals surface area contributed by atoms with E-state index in [1.165, 1.54) is 0 Å². The number of amides is 1. The lowest BCUT2D eigenvalue weighted by Crippen LogP contribution is -2.29. The van der Waals surface area contributed by atoms with Crippen LogP contribution in [-0.2, 0) is 6.54 Å². The van der Waals surface area contributed by atoms with Gasteiger partial charge in [0.1, 0.15) is 5.69 Å². The molecule has 2 N–H and O–H groups in total. The molecular weight excluding hydrogens is 450 g/mol. The summed E-state index contributed by atoms with van der Waals surface area (Å²) in [6.45, 7) is 0.499. The topological polar surface area (TPSA) is 92.9 Å². The summed E-state index contributed by atoms with van der Waals surface area (Å²) in [5, 5.41) is 23.3. The molecule has 5 rings (SSSR count). The van der Waals surface area contributed by atoms with Gasteiger partial charge in [0.25, 0.3) is 5.91 Å². The van der Waals surface area contributed by atoms with Gasteiger partial charge in [0, 0.05) is 35.5 Å². The summed E-state index contributed by atoms with van der Waals surface area (Å²) in [6.07, 6.45) is 6.77. The molecular formula is C29H27N5O2. The highest BCUT2D eigenvalue weighted by atomic mass is 16.3. The average molecular weight is 478 g/mol. The Morgan fingerprint density at radius 2 is 1.81 bits per heavy atom. The van der Waals surface area contributed by atoms with Gasteiger partial charge in [0.05, 0.1) is 18.8 Å². The first-order valence-electron chi connectivity index (χ1n) is 12.0. The van der Waals surface area contributed by atoms with Crippen LogP contribution in [0.4, 0.5) is 0 Å². The van der Waals surface area contributed by atoms with Crippen molar-refractivity contribution in [3.8, 4) is 11.3 Å². The molecule has 7 heteroatoms. The number of carbonyl (C=O) groups excluding carboxylic acids is 1. The summed E-state index contributed by atoms with van der Waals surface area (Å²) < 4.78 is 1.75. The van der Waals surface area contributed by atoms with Crippen LogP contribution in [0, 0.1) is 0 Å². The van der Waals surface area contributed by atoms with Crippen molar-refractivity contribution in [2.45, 2.75) is 25.4 Å². The van der Waals surface area contributed by atoms with E-state index < -0.39 is 0 Å². The second-order valence-electron chi connectivity index (χ2n) is 8.70. The summed E-state index contributed by atoms with van der Waals surface area (Å²) in [7, 11) is 0. The van der Waals surface area contributed by atoms with Gasteiger partial charge in [-0.3, -0.25) is 9.78 Å². The summed E-state index contributed by atoms with van der Waals surface area (Å²) in [6, 6.07) is 25.3. The number of nitrogens with one attached hydrogen (secondary N) is 1. The Morgan fingerprint density at radius 1 is 0.972 bits per heavy atom. The molecule has 0 bridgehead atoms. The van der Waals surface area contributed by atoms with Gasteiger partial charge in [-0.15, -0.1) is 5.10 Å². The number of aromatic nitrogens is 4. The lowest BCUT2D eigenvalue weighted by atomic mass is 10.0. The lowest BCUT2D eigenvalue weighted by molar-refractivity contribution is 0.0931.